The quantitative estimate of drug-likeness (QED) is 0.536. The molecule has 30 heavy (non-hydrogen) atoms. The minimum atomic E-state index is -0.805. The molecule has 2 amide bonds. The van der Waals surface area contributed by atoms with Crippen LogP contribution in [-0.2, 0) is 4.79 Å². The van der Waals surface area contributed by atoms with Crippen LogP contribution in [0.4, 0.5) is 0 Å². The van der Waals surface area contributed by atoms with Crippen molar-refractivity contribution in [3.8, 4) is 11.6 Å². The number of hydrazine groups is 1. The van der Waals surface area contributed by atoms with Gasteiger partial charge in [-0.1, -0.05) is 41.9 Å². The molecule has 0 aliphatic heterocycles. The third-order valence-corrected chi connectivity index (χ3v) is 4.73. The van der Waals surface area contributed by atoms with Crippen LogP contribution in [0.2, 0.25) is 0 Å². The Hall–Kier alpha value is -3.20. The number of pyridine rings is 1. The highest BCUT2D eigenvalue weighted by atomic mass is 79.9. The van der Waals surface area contributed by atoms with Gasteiger partial charge in [-0.25, -0.2) is 9.67 Å². The van der Waals surface area contributed by atoms with E-state index in [9.17, 15) is 9.59 Å². The first-order valence-corrected chi connectivity index (χ1v) is 10.2. The number of carbonyl (C=O) groups is 2. The minimum Gasteiger partial charge on any atom is -0.481 e. The number of hydrogen-bond donors (Lipinski definition) is 2. The van der Waals surface area contributed by atoms with E-state index < -0.39 is 17.9 Å². The standard InChI is InChI=1S/C21H22BrN5O3/c1-13(2)19-17(12-24-27(19)18-9-4-5-10-23-18)21(29)26-25-20(28)14(3)30-16-8-6-7-15(22)11-16/h4-14H,1-3H3,(H,25,28)(H,26,29). The zero-order valence-electron chi connectivity index (χ0n) is 16.8. The van der Waals surface area contributed by atoms with Crippen LogP contribution in [0, 0.1) is 0 Å². The van der Waals surface area contributed by atoms with Crippen molar-refractivity contribution < 1.29 is 14.3 Å². The summed E-state index contributed by atoms with van der Waals surface area (Å²) in [6.45, 7) is 5.51. The number of nitrogens with zero attached hydrogens (tertiary/aromatic N) is 3. The van der Waals surface area contributed by atoms with Gasteiger partial charge in [-0.3, -0.25) is 20.4 Å². The lowest BCUT2D eigenvalue weighted by molar-refractivity contribution is -0.128. The minimum absolute atomic E-state index is 0.00439. The largest absolute Gasteiger partial charge is 0.481 e. The smallest absolute Gasteiger partial charge is 0.279 e. The Bertz CT molecular complexity index is 1040. The van der Waals surface area contributed by atoms with Crippen molar-refractivity contribution in [2.24, 2.45) is 0 Å². The second-order valence-corrected chi connectivity index (χ2v) is 7.77. The van der Waals surface area contributed by atoms with E-state index in [2.05, 4.69) is 36.9 Å². The molecule has 1 aromatic carbocycles. The number of ether oxygens (including phenoxy) is 1. The van der Waals surface area contributed by atoms with Crippen LogP contribution >= 0.6 is 15.9 Å². The van der Waals surface area contributed by atoms with Crippen LogP contribution in [0.15, 0.2) is 59.3 Å². The Labute approximate surface area is 182 Å². The molecule has 3 rings (SSSR count). The molecule has 0 aliphatic rings. The van der Waals surface area contributed by atoms with Crippen molar-refractivity contribution in [1.82, 2.24) is 25.6 Å². The summed E-state index contributed by atoms with van der Waals surface area (Å²) in [5.41, 5.74) is 5.89. The first-order chi connectivity index (χ1) is 14.4. The maximum atomic E-state index is 12.7. The van der Waals surface area contributed by atoms with Gasteiger partial charge in [-0.05, 0) is 43.2 Å². The second kappa shape index (κ2) is 9.53. The monoisotopic (exact) mass is 471 g/mol. The molecule has 0 saturated heterocycles. The van der Waals surface area contributed by atoms with Crippen LogP contribution < -0.4 is 15.6 Å². The molecule has 0 aliphatic carbocycles. The molecule has 0 bridgehead atoms. The van der Waals surface area contributed by atoms with E-state index in [1.165, 1.54) is 6.20 Å². The predicted octanol–water partition coefficient (Wildman–Crippen LogP) is 3.38. The molecule has 0 radical (unpaired) electrons. The number of aromatic nitrogens is 3. The molecule has 2 aromatic heterocycles. The van der Waals surface area contributed by atoms with Gasteiger partial charge < -0.3 is 4.74 Å². The third-order valence-electron chi connectivity index (χ3n) is 4.24. The number of benzene rings is 1. The van der Waals surface area contributed by atoms with Gasteiger partial charge in [0.25, 0.3) is 11.8 Å². The van der Waals surface area contributed by atoms with Gasteiger partial charge in [-0.15, -0.1) is 0 Å². The van der Waals surface area contributed by atoms with E-state index in [4.69, 9.17) is 4.74 Å². The average Bonchev–Trinajstić information content (AvgIpc) is 3.18. The molecule has 2 N–H and O–H groups in total. The summed E-state index contributed by atoms with van der Waals surface area (Å²) < 4.78 is 8.07. The van der Waals surface area contributed by atoms with Gasteiger partial charge in [0.2, 0.25) is 0 Å². The first-order valence-electron chi connectivity index (χ1n) is 9.38. The molecule has 1 unspecified atom stereocenters. The number of carbonyl (C=O) groups excluding carboxylic acids is 2. The Morgan fingerprint density at radius 3 is 2.57 bits per heavy atom. The van der Waals surface area contributed by atoms with E-state index in [1.54, 1.807) is 36.0 Å². The lowest BCUT2D eigenvalue weighted by atomic mass is 10.1. The van der Waals surface area contributed by atoms with Crippen molar-refractivity contribution in [3.63, 3.8) is 0 Å². The fourth-order valence-corrected chi connectivity index (χ4v) is 3.21. The van der Waals surface area contributed by atoms with Gasteiger partial charge >= 0.3 is 0 Å². The SMILES string of the molecule is CC(Oc1cccc(Br)c1)C(=O)NNC(=O)c1cnn(-c2ccccn2)c1C(C)C. The van der Waals surface area contributed by atoms with E-state index in [1.807, 2.05) is 38.1 Å². The van der Waals surface area contributed by atoms with E-state index in [0.29, 0.717) is 22.8 Å². The summed E-state index contributed by atoms with van der Waals surface area (Å²) in [6, 6.07) is 12.6. The third kappa shape index (κ3) is 5.04. The number of nitrogens with one attached hydrogen (secondary N) is 2. The van der Waals surface area contributed by atoms with Gasteiger partial charge in [0.05, 0.1) is 17.5 Å². The van der Waals surface area contributed by atoms with Crippen molar-refractivity contribution >= 4 is 27.7 Å². The van der Waals surface area contributed by atoms with Gasteiger partial charge in [0.1, 0.15) is 5.75 Å². The Morgan fingerprint density at radius 2 is 1.90 bits per heavy atom. The van der Waals surface area contributed by atoms with Crippen LogP contribution in [0.25, 0.3) is 5.82 Å². The summed E-state index contributed by atoms with van der Waals surface area (Å²) in [7, 11) is 0. The van der Waals surface area contributed by atoms with Crippen LogP contribution in [0.1, 0.15) is 42.7 Å². The van der Waals surface area contributed by atoms with Crippen molar-refractivity contribution in [1.29, 1.82) is 0 Å². The summed E-state index contributed by atoms with van der Waals surface area (Å²) in [5, 5.41) is 4.31. The zero-order valence-corrected chi connectivity index (χ0v) is 18.4. The van der Waals surface area contributed by atoms with E-state index >= 15 is 0 Å². The summed E-state index contributed by atoms with van der Waals surface area (Å²) in [6.07, 6.45) is 2.32. The summed E-state index contributed by atoms with van der Waals surface area (Å²) in [5.74, 6) is 0.206. The molecule has 1 atom stereocenters. The maximum absolute atomic E-state index is 12.7. The number of amides is 2. The Kier molecular flexibility index (Phi) is 6.83. The van der Waals surface area contributed by atoms with Gasteiger partial charge in [-0.2, -0.15) is 5.10 Å². The van der Waals surface area contributed by atoms with E-state index in [0.717, 1.165) is 4.47 Å². The fraction of sp³-hybridized carbons (Fsp3) is 0.238. The van der Waals surface area contributed by atoms with Crippen LogP contribution in [0.3, 0.4) is 0 Å². The zero-order chi connectivity index (χ0) is 21.7. The molecule has 9 heteroatoms. The van der Waals surface area contributed by atoms with Crippen molar-refractivity contribution in [2.45, 2.75) is 32.8 Å². The molecule has 8 nitrogen and oxygen atoms in total. The molecule has 3 aromatic rings. The molecular formula is C21H22BrN5O3. The summed E-state index contributed by atoms with van der Waals surface area (Å²) in [4.78, 5) is 29.3. The predicted molar refractivity (Wildman–Crippen MR) is 115 cm³/mol. The highest BCUT2D eigenvalue weighted by Gasteiger charge is 2.22. The van der Waals surface area contributed by atoms with E-state index in [-0.39, 0.29) is 5.92 Å². The van der Waals surface area contributed by atoms with Crippen molar-refractivity contribution in [2.75, 3.05) is 0 Å². The fourth-order valence-electron chi connectivity index (χ4n) is 2.84. The number of hydrogen-bond acceptors (Lipinski definition) is 5. The van der Waals surface area contributed by atoms with Crippen molar-refractivity contribution in [3.05, 3.63) is 70.6 Å². The first kappa shape index (κ1) is 21.5. The lowest BCUT2D eigenvalue weighted by Gasteiger charge is -2.16. The average molecular weight is 472 g/mol. The number of rotatable bonds is 6. The molecule has 2 heterocycles. The normalized spacial score (nSPS) is 11.8. The summed E-state index contributed by atoms with van der Waals surface area (Å²) >= 11 is 3.35. The Morgan fingerprint density at radius 1 is 1.10 bits per heavy atom. The molecule has 0 fully saturated rings. The second-order valence-electron chi connectivity index (χ2n) is 6.86. The molecule has 0 saturated carbocycles. The Balaban J connectivity index is 1.67. The molecular weight excluding hydrogens is 450 g/mol. The highest BCUT2D eigenvalue weighted by Crippen LogP contribution is 2.22. The molecule has 0 spiro atoms. The topological polar surface area (TPSA) is 98.1 Å². The van der Waals surface area contributed by atoms with Crippen LogP contribution in [0.5, 0.6) is 5.75 Å². The molecule has 156 valence electrons. The maximum Gasteiger partial charge on any atom is 0.279 e. The lowest BCUT2D eigenvalue weighted by Crippen LogP contribution is -2.47. The highest BCUT2D eigenvalue weighted by molar-refractivity contribution is 9.10. The number of halogens is 1. The van der Waals surface area contributed by atoms with Crippen LogP contribution in [-0.4, -0.2) is 32.7 Å². The van der Waals surface area contributed by atoms with Gasteiger partial charge in [0, 0.05) is 10.7 Å². The van der Waals surface area contributed by atoms with Gasteiger partial charge in [0.15, 0.2) is 11.9 Å².